The fourth-order valence-corrected chi connectivity index (χ4v) is 4.03. The molecule has 5 nitrogen and oxygen atoms in total. The average Bonchev–Trinajstić information content (AvgIpc) is 2.75. The Hall–Kier alpha value is -0.170. The third-order valence-electron chi connectivity index (χ3n) is 2.91. The van der Waals surface area contributed by atoms with E-state index in [1.54, 1.807) is 0 Å². The topological polar surface area (TPSA) is 55.8 Å². The van der Waals surface area contributed by atoms with Crippen LogP contribution >= 0.6 is 0 Å². The van der Waals surface area contributed by atoms with Crippen molar-refractivity contribution in [3.05, 3.63) is 0 Å². The third-order valence-corrected chi connectivity index (χ3v) is 5.10. The van der Waals surface area contributed by atoms with Crippen molar-refractivity contribution >= 4 is 10.0 Å². The molecule has 0 aromatic heterocycles. The van der Waals surface area contributed by atoms with Gasteiger partial charge in [0.2, 0.25) is 10.0 Å². The summed E-state index contributed by atoms with van der Waals surface area (Å²) in [4.78, 5) is 0. The van der Waals surface area contributed by atoms with Crippen LogP contribution in [0.1, 0.15) is 20.3 Å². The first-order valence-electron chi connectivity index (χ1n) is 5.69. The van der Waals surface area contributed by atoms with Crippen molar-refractivity contribution in [1.29, 1.82) is 0 Å². The van der Waals surface area contributed by atoms with Gasteiger partial charge in [-0.2, -0.15) is 4.31 Å². The van der Waals surface area contributed by atoms with Crippen LogP contribution < -0.4 is 0 Å². The Kier molecular flexibility index (Phi) is 3.27. The van der Waals surface area contributed by atoms with Gasteiger partial charge in [0.1, 0.15) is 0 Å². The molecule has 0 aromatic rings. The molecule has 2 rings (SSSR count). The van der Waals surface area contributed by atoms with Crippen molar-refractivity contribution < 1.29 is 17.9 Å². The van der Waals surface area contributed by atoms with Crippen molar-refractivity contribution in [2.24, 2.45) is 5.92 Å². The molecule has 0 atom stereocenters. The Morgan fingerprint density at radius 1 is 1.31 bits per heavy atom. The van der Waals surface area contributed by atoms with Gasteiger partial charge in [-0.05, 0) is 5.92 Å². The third kappa shape index (κ3) is 2.40. The van der Waals surface area contributed by atoms with E-state index in [0.29, 0.717) is 32.7 Å². The van der Waals surface area contributed by atoms with Crippen LogP contribution in [0.25, 0.3) is 0 Å². The van der Waals surface area contributed by atoms with Crippen molar-refractivity contribution in [3.63, 3.8) is 0 Å². The van der Waals surface area contributed by atoms with Crippen LogP contribution in [0.2, 0.25) is 0 Å². The molecule has 1 spiro atoms. The zero-order chi connectivity index (χ0) is 11.8. The maximum Gasteiger partial charge on any atom is 0.214 e. The van der Waals surface area contributed by atoms with E-state index in [1.165, 1.54) is 4.31 Å². The highest BCUT2D eigenvalue weighted by Gasteiger charge is 2.46. The molecular formula is C10H19NO4S. The number of hydrogen-bond acceptors (Lipinski definition) is 4. The lowest BCUT2D eigenvalue weighted by atomic mass is 10.2. The molecule has 0 aliphatic carbocycles. The first kappa shape index (κ1) is 12.3. The monoisotopic (exact) mass is 249 g/mol. The summed E-state index contributed by atoms with van der Waals surface area (Å²) < 4.78 is 36.5. The molecule has 6 heteroatoms. The van der Waals surface area contributed by atoms with Crippen LogP contribution in [0, 0.1) is 5.92 Å². The van der Waals surface area contributed by atoms with Gasteiger partial charge in [-0.25, -0.2) is 8.42 Å². The van der Waals surface area contributed by atoms with Gasteiger partial charge < -0.3 is 9.47 Å². The van der Waals surface area contributed by atoms with Crippen LogP contribution in [0.5, 0.6) is 0 Å². The Bertz CT molecular complexity index is 346. The molecule has 2 aliphatic rings. The normalized spacial score (nSPS) is 25.9. The minimum atomic E-state index is -3.15. The summed E-state index contributed by atoms with van der Waals surface area (Å²) in [6.07, 6.45) is 0.643. The standard InChI is InChI=1S/C10H19NO4S/c1-9(2)7-16(12,13)11-4-3-10(8-11)14-5-6-15-10/h9H,3-8H2,1-2H3. The summed E-state index contributed by atoms with van der Waals surface area (Å²) in [5, 5.41) is 0. The molecule has 94 valence electrons. The lowest BCUT2D eigenvalue weighted by Gasteiger charge is -2.22. The van der Waals surface area contributed by atoms with Crippen LogP contribution in [-0.2, 0) is 19.5 Å². The predicted molar refractivity (Wildman–Crippen MR) is 59.4 cm³/mol. The molecule has 0 radical (unpaired) electrons. The molecule has 0 amide bonds. The number of rotatable bonds is 3. The van der Waals surface area contributed by atoms with E-state index < -0.39 is 15.8 Å². The lowest BCUT2D eigenvalue weighted by Crippen LogP contribution is -2.38. The van der Waals surface area contributed by atoms with Gasteiger partial charge in [0.05, 0.1) is 25.5 Å². The predicted octanol–water partition coefficient (Wildman–Crippen LogP) is 0.421. The van der Waals surface area contributed by atoms with Crippen molar-refractivity contribution in [3.8, 4) is 0 Å². The smallest absolute Gasteiger partial charge is 0.214 e. The number of hydrogen-bond donors (Lipinski definition) is 0. The lowest BCUT2D eigenvalue weighted by molar-refractivity contribution is -0.142. The molecule has 2 aliphatic heterocycles. The minimum Gasteiger partial charge on any atom is -0.346 e. The van der Waals surface area contributed by atoms with E-state index in [1.807, 2.05) is 13.8 Å². The Labute approximate surface area is 96.8 Å². The summed E-state index contributed by atoms with van der Waals surface area (Å²) in [6.45, 7) is 5.81. The van der Waals surface area contributed by atoms with Crippen LogP contribution in [0.3, 0.4) is 0 Å². The molecule has 2 saturated heterocycles. The zero-order valence-corrected chi connectivity index (χ0v) is 10.6. The molecule has 0 saturated carbocycles. The van der Waals surface area contributed by atoms with Crippen LogP contribution in [0.4, 0.5) is 0 Å². The maximum absolute atomic E-state index is 12.0. The van der Waals surface area contributed by atoms with Crippen LogP contribution in [-0.4, -0.2) is 50.6 Å². The van der Waals surface area contributed by atoms with Gasteiger partial charge in [0.25, 0.3) is 0 Å². The highest BCUT2D eigenvalue weighted by molar-refractivity contribution is 7.89. The van der Waals surface area contributed by atoms with Gasteiger partial charge >= 0.3 is 0 Å². The first-order valence-corrected chi connectivity index (χ1v) is 7.30. The van der Waals surface area contributed by atoms with Crippen molar-refractivity contribution in [2.45, 2.75) is 26.1 Å². The molecule has 0 aromatic carbocycles. The highest BCUT2D eigenvalue weighted by atomic mass is 32.2. The van der Waals surface area contributed by atoms with Gasteiger partial charge in [-0.15, -0.1) is 0 Å². The quantitative estimate of drug-likeness (QED) is 0.727. The fraction of sp³-hybridized carbons (Fsp3) is 1.00. The zero-order valence-electron chi connectivity index (χ0n) is 9.81. The molecule has 2 fully saturated rings. The Morgan fingerprint density at radius 3 is 2.50 bits per heavy atom. The Balaban J connectivity index is 2.03. The van der Waals surface area contributed by atoms with Gasteiger partial charge in [-0.3, -0.25) is 0 Å². The highest BCUT2D eigenvalue weighted by Crippen LogP contribution is 2.32. The molecule has 0 N–H and O–H groups in total. The van der Waals surface area contributed by atoms with E-state index >= 15 is 0 Å². The van der Waals surface area contributed by atoms with Gasteiger partial charge in [0, 0.05) is 13.0 Å². The second kappa shape index (κ2) is 4.25. The van der Waals surface area contributed by atoms with E-state index in [4.69, 9.17) is 9.47 Å². The molecule has 16 heavy (non-hydrogen) atoms. The number of nitrogens with zero attached hydrogens (tertiary/aromatic N) is 1. The number of sulfonamides is 1. The van der Waals surface area contributed by atoms with E-state index in [2.05, 4.69) is 0 Å². The van der Waals surface area contributed by atoms with Crippen LogP contribution in [0.15, 0.2) is 0 Å². The van der Waals surface area contributed by atoms with E-state index in [0.717, 1.165) is 0 Å². The summed E-state index contributed by atoms with van der Waals surface area (Å²) in [5.41, 5.74) is 0. The first-order chi connectivity index (χ1) is 7.44. The average molecular weight is 249 g/mol. The largest absolute Gasteiger partial charge is 0.346 e. The van der Waals surface area contributed by atoms with Crippen molar-refractivity contribution in [2.75, 3.05) is 32.1 Å². The molecule has 0 unspecified atom stereocenters. The summed E-state index contributed by atoms with van der Waals surface area (Å²) in [5.74, 6) is -0.306. The maximum atomic E-state index is 12.0. The van der Waals surface area contributed by atoms with E-state index in [-0.39, 0.29) is 11.7 Å². The SMILES string of the molecule is CC(C)CS(=O)(=O)N1CCC2(C1)OCCO2. The minimum absolute atomic E-state index is 0.145. The second-order valence-electron chi connectivity index (χ2n) is 4.86. The summed E-state index contributed by atoms with van der Waals surface area (Å²) in [6, 6.07) is 0. The fourth-order valence-electron chi connectivity index (χ4n) is 2.22. The van der Waals surface area contributed by atoms with E-state index in [9.17, 15) is 8.42 Å². The van der Waals surface area contributed by atoms with Gasteiger partial charge in [0.15, 0.2) is 5.79 Å². The second-order valence-corrected chi connectivity index (χ2v) is 6.88. The molecular weight excluding hydrogens is 230 g/mol. The Morgan fingerprint density at radius 2 is 1.94 bits per heavy atom. The number of ether oxygens (including phenoxy) is 2. The van der Waals surface area contributed by atoms with Gasteiger partial charge in [-0.1, -0.05) is 13.8 Å². The summed E-state index contributed by atoms with van der Waals surface area (Å²) in [7, 11) is -3.15. The summed E-state index contributed by atoms with van der Waals surface area (Å²) >= 11 is 0. The molecule has 0 bridgehead atoms. The van der Waals surface area contributed by atoms with Crippen molar-refractivity contribution in [1.82, 2.24) is 4.31 Å². The molecule has 2 heterocycles.